The summed E-state index contributed by atoms with van der Waals surface area (Å²) >= 11 is 0. The Morgan fingerprint density at radius 1 is 1.03 bits per heavy atom. The molecule has 1 aromatic heterocycles. The lowest BCUT2D eigenvalue weighted by Crippen LogP contribution is -2.50. The van der Waals surface area contributed by atoms with E-state index in [1.807, 2.05) is 20.8 Å². The van der Waals surface area contributed by atoms with E-state index in [-0.39, 0.29) is 47.7 Å². The van der Waals surface area contributed by atoms with E-state index in [2.05, 4.69) is 20.6 Å². The number of hydrogen-bond donors (Lipinski definition) is 2. The Morgan fingerprint density at radius 2 is 1.76 bits per heavy atom. The maximum Gasteiger partial charge on any atom is 0.311 e. The second-order valence-corrected chi connectivity index (χ2v) is 11.4. The van der Waals surface area contributed by atoms with Gasteiger partial charge in [-0.2, -0.15) is 0 Å². The summed E-state index contributed by atoms with van der Waals surface area (Å²) < 4.78 is 5.21. The van der Waals surface area contributed by atoms with Crippen molar-refractivity contribution in [2.75, 3.05) is 6.61 Å². The third-order valence-corrected chi connectivity index (χ3v) is 7.75. The molecule has 3 rings (SSSR count). The first kappa shape index (κ1) is 28.7. The number of ether oxygens (including phenoxy) is 1. The van der Waals surface area contributed by atoms with Gasteiger partial charge in [0.05, 0.1) is 24.8 Å². The van der Waals surface area contributed by atoms with Crippen molar-refractivity contribution in [2.24, 2.45) is 23.2 Å². The quantitative estimate of drug-likeness (QED) is 0.457. The highest BCUT2D eigenvalue weighted by Gasteiger charge is 2.41. The van der Waals surface area contributed by atoms with Crippen molar-refractivity contribution in [1.29, 1.82) is 0 Å². The molecule has 1 heterocycles. The first-order valence-corrected chi connectivity index (χ1v) is 13.7. The predicted octanol–water partition coefficient (Wildman–Crippen LogP) is 3.62. The highest BCUT2D eigenvalue weighted by Crippen LogP contribution is 2.34. The van der Waals surface area contributed by atoms with E-state index in [1.165, 1.54) is 18.6 Å². The maximum absolute atomic E-state index is 13.8. The third-order valence-electron chi connectivity index (χ3n) is 7.75. The Morgan fingerprint density at radius 3 is 2.38 bits per heavy atom. The lowest BCUT2D eigenvalue weighted by atomic mass is 9.74. The molecule has 2 unspecified atom stereocenters. The number of carbonyl (C=O) groups is 4. The van der Waals surface area contributed by atoms with Crippen LogP contribution in [-0.2, 0) is 19.1 Å². The van der Waals surface area contributed by atoms with Crippen LogP contribution in [0.3, 0.4) is 0 Å². The summed E-state index contributed by atoms with van der Waals surface area (Å²) in [5.41, 5.74) is -0.337. The lowest BCUT2D eigenvalue weighted by molar-refractivity contribution is -0.149. The number of aromatic nitrogens is 2. The predicted molar refractivity (Wildman–Crippen MR) is 138 cm³/mol. The molecule has 0 spiro atoms. The number of rotatable bonds is 10. The number of nitrogens with one attached hydrogen (secondary N) is 2. The molecule has 2 fully saturated rings. The second kappa shape index (κ2) is 13.1. The maximum atomic E-state index is 13.8. The Hall–Kier alpha value is -2.84. The Bertz CT molecular complexity index is 940. The average Bonchev–Trinajstić information content (AvgIpc) is 3.34. The van der Waals surface area contributed by atoms with Gasteiger partial charge in [-0.15, -0.1) is 0 Å². The zero-order valence-electron chi connectivity index (χ0n) is 22.6. The van der Waals surface area contributed by atoms with Crippen LogP contribution in [0.15, 0.2) is 18.6 Å². The largest absolute Gasteiger partial charge is 0.466 e. The molecule has 0 aliphatic heterocycles. The molecule has 37 heavy (non-hydrogen) atoms. The fraction of sp³-hybridized carbons (Fsp3) is 0.714. The Balaban J connectivity index is 1.75. The molecule has 4 atom stereocenters. The van der Waals surface area contributed by atoms with Crippen molar-refractivity contribution in [3.63, 3.8) is 0 Å². The molecule has 1 aromatic rings. The van der Waals surface area contributed by atoms with E-state index in [0.717, 1.165) is 38.5 Å². The van der Waals surface area contributed by atoms with E-state index in [9.17, 15) is 19.2 Å². The minimum absolute atomic E-state index is 0.00798. The third kappa shape index (κ3) is 7.82. The summed E-state index contributed by atoms with van der Waals surface area (Å²) in [6.07, 6.45) is 11.4. The van der Waals surface area contributed by atoms with Gasteiger partial charge in [-0.3, -0.25) is 24.2 Å². The van der Waals surface area contributed by atoms with Gasteiger partial charge in [0.2, 0.25) is 5.91 Å². The number of amides is 2. The van der Waals surface area contributed by atoms with Crippen molar-refractivity contribution in [3.8, 4) is 0 Å². The van der Waals surface area contributed by atoms with Crippen molar-refractivity contribution in [3.05, 3.63) is 24.3 Å². The van der Waals surface area contributed by atoms with Crippen LogP contribution >= 0.6 is 0 Å². The summed E-state index contributed by atoms with van der Waals surface area (Å²) in [6, 6.07) is -0.983. The van der Waals surface area contributed by atoms with Gasteiger partial charge in [-0.1, -0.05) is 46.5 Å². The van der Waals surface area contributed by atoms with Crippen LogP contribution in [0.1, 0.15) is 96.0 Å². The molecule has 0 bridgehead atoms. The van der Waals surface area contributed by atoms with Crippen LogP contribution in [0, 0.1) is 23.2 Å². The van der Waals surface area contributed by atoms with Gasteiger partial charge in [-0.05, 0) is 43.9 Å². The number of esters is 1. The van der Waals surface area contributed by atoms with Gasteiger partial charge < -0.3 is 15.4 Å². The van der Waals surface area contributed by atoms with Gasteiger partial charge >= 0.3 is 5.97 Å². The molecule has 2 aliphatic rings. The second-order valence-electron chi connectivity index (χ2n) is 11.4. The molecule has 2 N–H and O–H groups in total. The van der Waals surface area contributed by atoms with Crippen LogP contribution in [0.5, 0.6) is 0 Å². The van der Waals surface area contributed by atoms with E-state index >= 15 is 0 Å². The Kier molecular flexibility index (Phi) is 10.2. The molecular formula is C28H42N4O5. The van der Waals surface area contributed by atoms with Crippen molar-refractivity contribution < 1.29 is 23.9 Å². The van der Waals surface area contributed by atoms with Crippen LogP contribution in [0.2, 0.25) is 0 Å². The average molecular weight is 515 g/mol. The fourth-order valence-corrected chi connectivity index (χ4v) is 5.63. The minimum atomic E-state index is -0.689. The smallest absolute Gasteiger partial charge is 0.311 e. The number of hydrogen-bond acceptors (Lipinski definition) is 7. The lowest BCUT2D eigenvalue weighted by Gasteiger charge is -2.34. The normalized spacial score (nSPS) is 22.1. The minimum Gasteiger partial charge on any atom is -0.466 e. The molecule has 2 amide bonds. The fourth-order valence-electron chi connectivity index (χ4n) is 5.63. The Labute approximate surface area is 219 Å². The number of carbonyl (C=O) groups excluding carboxylic acids is 4. The van der Waals surface area contributed by atoms with Gasteiger partial charge in [0.25, 0.3) is 5.91 Å². The summed E-state index contributed by atoms with van der Waals surface area (Å²) in [4.78, 5) is 60.6. The SMILES string of the molecule is CCOC(=O)[C@@H]1CCCC1NC(=O)C(CC(=O)[C@@H](NC(=O)c1cnccn1)C1CCCCC1)C(C)(C)C. The molecule has 0 saturated heterocycles. The monoisotopic (exact) mass is 514 g/mol. The highest BCUT2D eigenvalue weighted by molar-refractivity contribution is 5.97. The van der Waals surface area contributed by atoms with Crippen LogP contribution in [0.25, 0.3) is 0 Å². The van der Waals surface area contributed by atoms with E-state index in [0.29, 0.717) is 19.4 Å². The van der Waals surface area contributed by atoms with Gasteiger partial charge in [0.1, 0.15) is 5.69 Å². The summed E-state index contributed by atoms with van der Waals surface area (Å²) in [7, 11) is 0. The van der Waals surface area contributed by atoms with E-state index in [1.54, 1.807) is 6.92 Å². The van der Waals surface area contributed by atoms with Crippen LogP contribution < -0.4 is 10.6 Å². The molecule has 0 aromatic carbocycles. The molecule has 9 heteroatoms. The van der Waals surface area contributed by atoms with Crippen molar-refractivity contribution in [1.82, 2.24) is 20.6 Å². The number of nitrogens with zero attached hydrogens (tertiary/aromatic N) is 2. The number of Topliss-reactive ketones (excluding diaryl/α,β-unsaturated/α-hetero) is 1. The van der Waals surface area contributed by atoms with Crippen molar-refractivity contribution in [2.45, 2.75) is 97.6 Å². The zero-order valence-corrected chi connectivity index (χ0v) is 22.6. The van der Waals surface area contributed by atoms with Crippen LogP contribution in [0.4, 0.5) is 0 Å². The van der Waals surface area contributed by atoms with E-state index < -0.39 is 23.3 Å². The molecule has 0 radical (unpaired) electrons. The van der Waals surface area contributed by atoms with E-state index in [4.69, 9.17) is 4.74 Å². The summed E-state index contributed by atoms with van der Waals surface area (Å²) in [5.74, 6) is -2.04. The molecule has 9 nitrogen and oxygen atoms in total. The summed E-state index contributed by atoms with van der Waals surface area (Å²) in [5, 5.41) is 5.99. The molecule has 2 aliphatic carbocycles. The first-order chi connectivity index (χ1) is 17.6. The highest BCUT2D eigenvalue weighted by atomic mass is 16.5. The topological polar surface area (TPSA) is 127 Å². The molecular weight excluding hydrogens is 472 g/mol. The number of ketones is 1. The molecule has 204 valence electrons. The summed E-state index contributed by atoms with van der Waals surface area (Å²) in [6.45, 7) is 7.90. The van der Waals surface area contributed by atoms with Gasteiger partial charge in [-0.25, -0.2) is 4.98 Å². The van der Waals surface area contributed by atoms with Crippen molar-refractivity contribution >= 4 is 23.6 Å². The van der Waals surface area contributed by atoms with Gasteiger partial charge in [0, 0.05) is 30.8 Å². The first-order valence-electron chi connectivity index (χ1n) is 13.7. The zero-order chi connectivity index (χ0) is 27.0. The molecule has 2 saturated carbocycles. The van der Waals surface area contributed by atoms with Gasteiger partial charge in [0.15, 0.2) is 5.78 Å². The standard InChI is InChI=1S/C28H42N4O5/c1-5-37-27(36)19-12-9-13-21(19)31-25(34)20(28(2,3)4)16-23(33)24(18-10-7-6-8-11-18)32-26(35)22-17-29-14-15-30-22/h14-15,17-21,24H,5-13,16H2,1-4H3,(H,31,34)(H,32,35)/t19-,20?,21?,24+/m1/s1. The van der Waals surface area contributed by atoms with Crippen LogP contribution in [-0.4, -0.2) is 52.2 Å².